The Morgan fingerprint density at radius 3 is 2.79 bits per heavy atom. The third kappa shape index (κ3) is 4.26. The fraction of sp³-hybridized carbons (Fsp3) is 0.667. The van der Waals surface area contributed by atoms with Gasteiger partial charge in [-0.1, -0.05) is 12.5 Å². The number of carbonyl (C=O) groups excluding carboxylic acids is 1. The van der Waals surface area contributed by atoms with Gasteiger partial charge < -0.3 is 10.1 Å². The van der Waals surface area contributed by atoms with E-state index >= 15 is 0 Å². The maximum Gasteiger partial charge on any atom is 0.251 e. The molecule has 1 amide bonds. The van der Waals surface area contributed by atoms with Crippen LogP contribution in [0.4, 0.5) is 0 Å². The van der Waals surface area contributed by atoms with E-state index in [1.165, 1.54) is 37.8 Å². The molecule has 2 N–H and O–H groups in total. The molecule has 3 fully saturated rings. The second-order valence-electron chi connectivity index (χ2n) is 8.62. The Hall–Kier alpha value is -1.44. The van der Waals surface area contributed by atoms with Crippen LogP contribution in [0.5, 0.6) is 0 Å². The summed E-state index contributed by atoms with van der Waals surface area (Å²) >= 11 is 0. The Kier molecular flexibility index (Phi) is 5.76. The molecule has 0 spiro atoms. The van der Waals surface area contributed by atoms with Gasteiger partial charge in [0.15, 0.2) is 0 Å². The second-order valence-corrected chi connectivity index (χ2v) is 10.4. The normalized spacial score (nSPS) is 30.5. The van der Waals surface area contributed by atoms with Crippen molar-refractivity contribution >= 4 is 15.9 Å². The molecular weight excluding hydrogens is 376 g/mol. The third-order valence-electron chi connectivity index (χ3n) is 6.73. The summed E-state index contributed by atoms with van der Waals surface area (Å²) in [5, 5.41) is 3.10. The first-order valence-electron chi connectivity index (χ1n) is 10.4. The van der Waals surface area contributed by atoms with E-state index in [2.05, 4.69) is 17.0 Å². The zero-order valence-corrected chi connectivity index (χ0v) is 17.2. The minimum absolute atomic E-state index is 0.0659. The van der Waals surface area contributed by atoms with Crippen LogP contribution >= 0.6 is 0 Å². The minimum Gasteiger partial charge on any atom is -0.377 e. The predicted molar refractivity (Wildman–Crippen MR) is 106 cm³/mol. The van der Waals surface area contributed by atoms with Crippen LogP contribution < -0.4 is 10.0 Å². The molecule has 1 heterocycles. The fourth-order valence-electron chi connectivity index (χ4n) is 5.20. The highest BCUT2D eigenvalue weighted by atomic mass is 32.2. The molecule has 6 nitrogen and oxygen atoms in total. The number of sulfonamides is 1. The molecule has 1 aromatic carbocycles. The standard InChI is InChI=1S/C21H30N2O4S/c1-14(20-11-15-7-8-16(20)10-15)23-21(24)17-4-2-6-19(12-17)28(25,26)22-13-18-5-3-9-27-18/h2,4,6,12,14-16,18,20,22H,3,5,7-11,13H2,1H3,(H,23,24). The summed E-state index contributed by atoms with van der Waals surface area (Å²) in [6, 6.07) is 6.38. The van der Waals surface area contributed by atoms with E-state index in [4.69, 9.17) is 4.74 Å². The van der Waals surface area contributed by atoms with Crippen LogP contribution in [-0.4, -0.2) is 39.6 Å². The summed E-state index contributed by atoms with van der Waals surface area (Å²) in [6.07, 6.45) is 6.88. The molecule has 2 saturated carbocycles. The fourth-order valence-corrected chi connectivity index (χ4v) is 6.31. The highest BCUT2D eigenvalue weighted by Crippen LogP contribution is 2.49. The quantitative estimate of drug-likeness (QED) is 0.729. The van der Waals surface area contributed by atoms with Crippen molar-refractivity contribution in [1.29, 1.82) is 0 Å². The first-order valence-corrected chi connectivity index (χ1v) is 11.9. The van der Waals surface area contributed by atoms with Gasteiger partial charge in [-0.2, -0.15) is 0 Å². The van der Waals surface area contributed by atoms with E-state index in [1.807, 2.05) is 0 Å². The van der Waals surface area contributed by atoms with Crippen molar-refractivity contribution < 1.29 is 17.9 Å². The van der Waals surface area contributed by atoms with Crippen LogP contribution in [0.25, 0.3) is 0 Å². The van der Waals surface area contributed by atoms with Gasteiger partial charge in [0.1, 0.15) is 0 Å². The molecule has 5 unspecified atom stereocenters. The molecule has 28 heavy (non-hydrogen) atoms. The number of hydrogen-bond acceptors (Lipinski definition) is 4. The van der Waals surface area contributed by atoms with Gasteiger partial charge in [-0.05, 0) is 75.0 Å². The molecule has 1 aliphatic heterocycles. The lowest BCUT2D eigenvalue weighted by molar-refractivity contribution is 0.0915. The van der Waals surface area contributed by atoms with Crippen molar-refractivity contribution in [1.82, 2.24) is 10.0 Å². The molecule has 0 radical (unpaired) electrons. The maximum atomic E-state index is 12.7. The van der Waals surface area contributed by atoms with Crippen molar-refractivity contribution in [2.75, 3.05) is 13.2 Å². The third-order valence-corrected chi connectivity index (χ3v) is 8.15. The highest BCUT2D eigenvalue weighted by Gasteiger charge is 2.42. The van der Waals surface area contributed by atoms with Gasteiger partial charge in [0.25, 0.3) is 5.91 Å². The molecule has 1 saturated heterocycles. The van der Waals surface area contributed by atoms with Crippen LogP contribution in [0, 0.1) is 17.8 Å². The SMILES string of the molecule is CC(NC(=O)c1cccc(S(=O)(=O)NCC2CCCO2)c1)C1CC2CCC1C2. The molecular formula is C21H30N2O4S. The van der Waals surface area contributed by atoms with Gasteiger partial charge in [-0.3, -0.25) is 4.79 Å². The summed E-state index contributed by atoms with van der Waals surface area (Å²) in [6.45, 7) is 3.02. The van der Waals surface area contributed by atoms with Crippen molar-refractivity contribution in [3.8, 4) is 0 Å². The van der Waals surface area contributed by atoms with Crippen molar-refractivity contribution in [2.45, 2.75) is 62.5 Å². The number of nitrogens with one attached hydrogen (secondary N) is 2. The average Bonchev–Trinajstić information content (AvgIpc) is 3.44. The average molecular weight is 407 g/mol. The van der Waals surface area contributed by atoms with E-state index in [0.717, 1.165) is 24.7 Å². The van der Waals surface area contributed by atoms with Crippen LogP contribution in [0.3, 0.4) is 0 Å². The van der Waals surface area contributed by atoms with Gasteiger partial charge in [-0.15, -0.1) is 0 Å². The zero-order chi connectivity index (χ0) is 19.7. The lowest BCUT2D eigenvalue weighted by atomic mass is 9.84. The Bertz CT molecular complexity index is 819. The molecule has 1 aromatic rings. The van der Waals surface area contributed by atoms with E-state index in [1.54, 1.807) is 12.1 Å². The van der Waals surface area contributed by atoms with Crippen LogP contribution in [0.15, 0.2) is 29.2 Å². The minimum atomic E-state index is -3.66. The number of hydrogen-bond donors (Lipinski definition) is 2. The summed E-state index contributed by atoms with van der Waals surface area (Å²) in [5.74, 6) is 1.90. The largest absolute Gasteiger partial charge is 0.377 e. The number of fused-ring (bicyclic) bond motifs is 2. The number of amides is 1. The van der Waals surface area contributed by atoms with E-state index in [9.17, 15) is 13.2 Å². The molecule has 5 atom stereocenters. The molecule has 2 bridgehead atoms. The molecule has 0 aromatic heterocycles. The predicted octanol–water partition coefficient (Wildman–Crippen LogP) is 2.70. The van der Waals surface area contributed by atoms with Crippen molar-refractivity contribution in [2.24, 2.45) is 17.8 Å². The first kappa shape index (κ1) is 19.9. The monoisotopic (exact) mass is 406 g/mol. The Morgan fingerprint density at radius 2 is 2.11 bits per heavy atom. The Morgan fingerprint density at radius 1 is 1.25 bits per heavy atom. The summed E-state index contributed by atoms with van der Waals surface area (Å²) < 4.78 is 33.2. The first-order chi connectivity index (χ1) is 13.4. The Labute approximate surface area is 167 Å². The van der Waals surface area contributed by atoms with Gasteiger partial charge in [-0.25, -0.2) is 13.1 Å². The van der Waals surface area contributed by atoms with Gasteiger partial charge in [0.2, 0.25) is 10.0 Å². The van der Waals surface area contributed by atoms with Crippen LogP contribution in [0.2, 0.25) is 0 Å². The van der Waals surface area contributed by atoms with Crippen LogP contribution in [0.1, 0.15) is 55.8 Å². The molecule has 4 rings (SSSR count). The zero-order valence-electron chi connectivity index (χ0n) is 16.4. The summed E-state index contributed by atoms with van der Waals surface area (Å²) in [5.41, 5.74) is 0.384. The van der Waals surface area contributed by atoms with Crippen molar-refractivity contribution in [3.63, 3.8) is 0 Å². The molecule has 7 heteroatoms. The van der Waals surface area contributed by atoms with E-state index in [0.29, 0.717) is 18.1 Å². The molecule has 154 valence electrons. The smallest absolute Gasteiger partial charge is 0.251 e. The van der Waals surface area contributed by atoms with E-state index in [-0.39, 0.29) is 29.5 Å². The van der Waals surface area contributed by atoms with Gasteiger partial charge >= 0.3 is 0 Å². The lowest BCUT2D eigenvalue weighted by Gasteiger charge is -2.28. The van der Waals surface area contributed by atoms with Crippen LogP contribution in [-0.2, 0) is 14.8 Å². The molecule has 3 aliphatic rings. The van der Waals surface area contributed by atoms with Crippen molar-refractivity contribution in [3.05, 3.63) is 29.8 Å². The number of benzene rings is 1. The maximum absolute atomic E-state index is 12.7. The second kappa shape index (κ2) is 8.13. The summed E-state index contributed by atoms with van der Waals surface area (Å²) in [4.78, 5) is 12.8. The highest BCUT2D eigenvalue weighted by molar-refractivity contribution is 7.89. The Balaban J connectivity index is 1.38. The summed E-state index contributed by atoms with van der Waals surface area (Å²) in [7, 11) is -3.66. The van der Waals surface area contributed by atoms with E-state index < -0.39 is 10.0 Å². The lowest BCUT2D eigenvalue weighted by Crippen LogP contribution is -2.40. The molecule has 2 aliphatic carbocycles. The number of rotatable bonds is 7. The van der Waals surface area contributed by atoms with Gasteiger partial charge in [0, 0.05) is 24.8 Å². The topological polar surface area (TPSA) is 84.5 Å². The number of ether oxygens (including phenoxy) is 1. The van der Waals surface area contributed by atoms with Gasteiger partial charge in [0.05, 0.1) is 11.0 Å². The number of carbonyl (C=O) groups is 1.